The summed E-state index contributed by atoms with van der Waals surface area (Å²) < 4.78 is 57.4. The molecule has 0 radical (unpaired) electrons. The molecule has 408 valence electrons. The second-order valence-corrected chi connectivity index (χ2v) is 19.6. The molecule has 0 spiro atoms. The van der Waals surface area contributed by atoms with Gasteiger partial charge < -0.3 is 57.4 Å². The first-order valence-corrected chi connectivity index (χ1v) is 26.4. The molecule has 15 nitrogen and oxygen atoms in total. The van der Waals surface area contributed by atoms with Crippen LogP contribution < -0.4 is 19.1 Å². The minimum atomic E-state index is -1.07. The third-order valence-electron chi connectivity index (χ3n) is 14.3. The molecule has 5 aromatic rings. The fraction of sp³-hybridized carbons (Fsp3) is 0.403. The number of hydrogen-bond acceptors (Lipinski definition) is 14. The van der Waals surface area contributed by atoms with Crippen molar-refractivity contribution in [2.45, 2.75) is 57.5 Å². The van der Waals surface area contributed by atoms with E-state index in [4.69, 9.17) is 47.4 Å². The predicted molar refractivity (Wildman–Crippen MR) is 294 cm³/mol. The number of carboxylic acids is 1. The van der Waals surface area contributed by atoms with Crippen molar-refractivity contribution in [2.75, 3.05) is 105 Å². The summed E-state index contributed by atoms with van der Waals surface area (Å²) in [5, 5.41) is 12.2. The summed E-state index contributed by atoms with van der Waals surface area (Å²) in [6, 6.07) is 31.0. The van der Waals surface area contributed by atoms with Crippen LogP contribution >= 0.6 is 0 Å². The number of esters is 2. The summed E-state index contributed by atoms with van der Waals surface area (Å²) in [5.74, 6) is -0.105. The van der Waals surface area contributed by atoms with Crippen LogP contribution in [-0.2, 0) is 58.6 Å². The van der Waals surface area contributed by atoms with Crippen molar-refractivity contribution in [3.8, 4) is 28.4 Å². The standard InChI is InChI=1S/C62H71NO14/c1-42(2)60(67)76-38-36-74-34-32-72-30-28-70-27-29-71-31-33-73-35-37-75-56(66)23-18-43-13-12-26-63(52(43)41-55(64)65)53-39-49-50(40-54(53)69-6)59-48(58-57(49)47-16-10-11-17-51(47)61(58,3)4)24-25-62(77-59,44-14-8-7-9-15-44)45-19-21-46(68-5)22-20-45/h7-11,14-17,19-22,24-25,39-41,43H,1,12-13,18,23,26-38H2,2-6H3,(H,64,65). The van der Waals surface area contributed by atoms with E-state index in [9.17, 15) is 19.5 Å². The molecule has 0 bridgehead atoms. The van der Waals surface area contributed by atoms with Crippen LogP contribution in [0.4, 0.5) is 5.69 Å². The van der Waals surface area contributed by atoms with Gasteiger partial charge in [-0.25, -0.2) is 9.59 Å². The second-order valence-electron chi connectivity index (χ2n) is 19.6. The lowest BCUT2D eigenvalue weighted by atomic mass is 9.76. The van der Waals surface area contributed by atoms with Gasteiger partial charge in [-0.1, -0.05) is 93.2 Å². The molecule has 1 fully saturated rings. The molecule has 0 saturated carbocycles. The molecule has 1 saturated heterocycles. The zero-order valence-electron chi connectivity index (χ0n) is 44.9. The summed E-state index contributed by atoms with van der Waals surface area (Å²) in [6.45, 7) is 14.0. The molecule has 15 heteroatoms. The van der Waals surface area contributed by atoms with Gasteiger partial charge in [-0.05, 0) is 84.2 Å². The van der Waals surface area contributed by atoms with Crippen LogP contribution in [0.5, 0.6) is 17.2 Å². The number of carboxylic acid groups (broad SMARTS) is 1. The van der Waals surface area contributed by atoms with Crippen LogP contribution in [0.1, 0.15) is 74.3 Å². The van der Waals surface area contributed by atoms with E-state index < -0.39 is 23.0 Å². The van der Waals surface area contributed by atoms with Crippen molar-refractivity contribution in [2.24, 2.45) is 5.92 Å². The Morgan fingerprint density at radius 2 is 1.34 bits per heavy atom. The highest BCUT2D eigenvalue weighted by molar-refractivity contribution is 6.10. The first-order valence-electron chi connectivity index (χ1n) is 26.4. The van der Waals surface area contributed by atoms with E-state index in [0.717, 1.165) is 67.8 Å². The van der Waals surface area contributed by atoms with E-state index in [2.05, 4.69) is 79.9 Å². The number of carbonyl (C=O) groups is 3. The highest BCUT2D eigenvalue weighted by Gasteiger charge is 2.45. The van der Waals surface area contributed by atoms with Crippen molar-refractivity contribution < 1.29 is 66.9 Å². The minimum Gasteiger partial charge on any atom is -0.497 e. The zero-order chi connectivity index (χ0) is 54.4. The molecule has 2 aliphatic heterocycles. The van der Waals surface area contributed by atoms with Crippen LogP contribution in [0, 0.1) is 5.92 Å². The molecule has 77 heavy (non-hydrogen) atoms. The van der Waals surface area contributed by atoms with Gasteiger partial charge >= 0.3 is 17.9 Å². The number of piperidine rings is 1. The van der Waals surface area contributed by atoms with Gasteiger partial charge in [0, 0.05) is 63.7 Å². The minimum absolute atomic E-state index is 0.0817. The van der Waals surface area contributed by atoms with Crippen molar-refractivity contribution in [1.29, 1.82) is 0 Å². The van der Waals surface area contributed by atoms with Crippen molar-refractivity contribution in [3.05, 3.63) is 149 Å². The Morgan fingerprint density at radius 3 is 1.95 bits per heavy atom. The number of hydrogen-bond donors (Lipinski definition) is 1. The Morgan fingerprint density at radius 1 is 0.740 bits per heavy atom. The molecule has 8 rings (SSSR count). The van der Waals surface area contributed by atoms with Gasteiger partial charge in [0.15, 0.2) is 5.60 Å². The van der Waals surface area contributed by atoms with Gasteiger partial charge in [-0.15, -0.1) is 0 Å². The highest BCUT2D eigenvalue weighted by atomic mass is 16.6. The van der Waals surface area contributed by atoms with Gasteiger partial charge in [0.05, 0.1) is 86.0 Å². The van der Waals surface area contributed by atoms with Crippen molar-refractivity contribution >= 4 is 40.4 Å². The third-order valence-corrected chi connectivity index (χ3v) is 14.3. The highest BCUT2D eigenvalue weighted by Crippen LogP contribution is 2.59. The van der Waals surface area contributed by atoms with E-state index in [1.165, 1.54) is 11.6 Å². The lowest BCUT2D eigenvalue weighted by Gasteiger charge is -2.39. The van der Waals surface area contributed by atoms with Crippen LogP contribution in [0.3, 0.4) is 0 Å². The van der Waals surface area contributed by atoms with E-state index in [1.54, 1.807) is 21.1 Å². The van der Waals surface area contributed by atoms with E-state index in [1.807, 2.05) is 48.5 Å². The lowest BCUT2D eigenvalue weighted by Crippen LogP contribution is -2.35. The van der Waals surface area contributed by atoms with Crippen LogP contribution in [-0.4, -0.2) is 123 Å². The number of nitrogens with zero attached hydrogens (tertiary/aromatic N) is 1. The summed E-state index contributed by atoms with van der Waals surface area (Å²) in [4.78, 5) is 39.2. The molecule has 0 aromatic heterocycles. The molecule has 2 heterocycles. The van der Waals surface area contributed by atoms with Crippen LogP contribution in [0.15, 0.2) is 121 Å². The molecule has 0 amide bonds. The topological polar surface area (TPSA) is 167 Å². The van der Waals surface area contributed by atoms with E-state index in [-0.39, 0.29) is 44.7 Å². The van der Waals surface area contributed by atoms with Crippen molar-refractivity contribution in [1.82, 2.24) is 0 Å². The Labute approximate surface area is 451 Å². The first kappa shape index (κ1) is 56.2. The molecular weight excluding hydrogens is 983 g/mol. The molecule has 2 atom stereocenters. The Balaban J connectivity index is 0.904. The van der Waals surface area contributed by atoms with Crippen LogP contribution in [0.2, 0.25) is 0 Å². The molecular formula is C62H71NO14. The first-order chi connectivity index (χ1) is 37.4. The fourth-order valence-electron chi connectivity index (χ4n) is 10.6. The second kappa shape index (κ2) is 26.4. The van der Waals surface area contributed by atoms with Gasteiger partial charge in [-0.2, -0.15) is 0 Å². The number of allylic oxidation sites excluding steroid dienone is 1. The van der Waals surface area contributed by atoms with Gasteiger partial charge in [-0.3, -0.25) is 4.79 Å². The number of methoxy groups -OCH3 is 2. The molecule has 5 aromatic carbocycles. The maximum atomic E-state index is 13.1. The number of aliphatic carboxylic acids is 1. The molecule has 1 aliphatic carbocycles. The van der Waals surface area contributed by atoms with Crippen LogP contribution in [0.25, 0.3) is 28.0 Å². The summed E-state index contributed by atoms with van der Waals surface area (Å²) >= 11 is 0. The number of anilines is 1. The summed E-state index contributed by atoms with van der Waals surface area (Å²) in [7, 11) is 3.29. The zero-order valence-corrected chi connectivity index (χ0v) is 44.9. The third kappa shape index (κ3) is 13.1. The van der Waals surface area contributed by atoms with Gasteiger partial charge in [0.1, 0.15) is 30.5 Å². The number of rotatable bonds is 28. The Bertz CT molecular complexity index is 2930. The lowest BCUT2D eigenvalue weighted by molar-refractivity contribution is -0.145. The smallest absolute Gasteiger partial charge is 0.333 e. The Hall–Kier alpha value is -7.01. The van der Waals surface area contributed by atoms with Gasteiger partial charge in [0.25, 0.3) is 0 Å². The summed E-state index contributed by atoms with van der Waals surface area (Å²) in [6.07, 6.45) is 7.63. The number of benzene rings is 5. The van der Waals surface area contributed by atoms with Crippen molar-refractivity contribution in [3.63, 3.8) is 0 Å². The number of fused-ring (bicyclic) bond motifs is 8. The van der Waals surface area contributed by atoms with Gasteiger partial charge in [0.2, 0.25) is 0 Å². The predicted octanol–water partition coefficient (Wildman–Crippen LogP) is 10.2. The molecule has 2 unspecified atom stereocenters. The van der Waals surface area contributed by atoms with E-state index in [0.29, 0.717) is 89.3 Å². The maximum absolute atomic E-state index is 13.1. The summed E-state index contributed by atoms with van der Waals surface area (Å²) in [5.41, 5.74) is 7.78. The average Bonchev–Trinajstić information content (AvgIpc) is 3.69. The number of ether oxygens (including phenoxy) is 10. The average molecular weight is 1050 g/mol. The normalized spacial score (nSPS) is 17.5. The largest absolute Gasteiger partial charge is 0.497 e. The fourth-order valence-corrected chi connectivity index (χ4v) is 10.6. The maximum Gasteiger partial charge on any atom is 0.333 e. The Kier molecular flexibility index (Phi) is 19.2. The number of carbonyl (C=O) groups excluding carboxylic acids is 2. The molecule has 3 aliphatic rings. The SMILES string of the molecule is C=C(C)C(=O)OCCOCCOCCOCCOCCOCCOC(=O)CCC1CCCN(c2cc3c4c(c5c(c3cc2OC)OC(c2ccccc2)(c2ccc(OC)cc2)C=C5)C(C)(C)c2ccccc2-4)C1=CC(=O)O. The quantitative estimate of drug-likeness (QED) is 0.0285. The van der Waals surface area contributed by atoms with E-state index >= 15 is 0 Å². The molecule has 1 N–H and O–H groups in total. The monoisotopic (exact) mass is 1050 g/mol.